The molecule has 0 aliphatic heterocycles. The van der Waals surface area contributed by atoms with Crippen molar-refractivity contribution >= 4 is 27.5 Å². The zero-order chi connectivity index (χ0) is 18.1. The number of ether oxygens (including phenoxy) is 2. The van der Waals surface area contributed by atoms with Crippen LogP contribution < -0.4 is 0 Å². The summed E-state index contributed by atoms with van der Waals surface area (Å²) in [6, 6.07) is 0. The second-order valence-electron chi connectivity index (χ2n) is 6.14. The maximum absolute atomic E-state index is 12.6. The Balaban J connectivity index is 2.63. The van der Waals surface area contributed by atoms with Gasteiger partial charge >= 0.3 is 0 Å². The molecular formula is C19H29BrO4. The molecule has 0 saturated carbocycles. The van der Waals surface area contributed by atoms with Gasteiger partial charge in [0.15, 0.2) is 0 Å². The van der Waals surface area contributed by atoms with Crippen LogP contribution in [0.3, 0.4) is 0 Å². The van der Waals surface area contributed by atoms with E-state index < -0.39 is 0 Å². The van der Waals surface area contributed by atoms with Crippen LogP contribution in [0.2, 0.25) is 0 Å². The average Bonchev–Trinajstić information content (AvgIpc) is 2.57. The first-order valence-corrected chi connectivity index (χ1v) is 9.67. The Kier molecular flexibility index (Phi) is 9.34. The van der Waals surface area contributed by atoms with E-state index in [1.807, 2.05) is 0 Å². The highest BCUT2D eigenvalue weighted by atomic mass is 79.9. The Morgan fingerprint density at radius 2 is 1.38 bits per heavy atom. The second-order valence-corrected chi connectivity index (χ2v) is 7.25. The third kappa shape index (κ3) is 5.20. The van der Waals surface area contributed by atoms with Gasteiger partial charge < -0.3 is 9.47 Å². The van der Waals surface area contributed by atoms with Crippen LogP contribution in [-0.4, -0.2) is 30.6 Å². The van der Waals surface area contributed by atoms with Gasteiger partial charge in [-0.2, -0.15) is 0 Å². The first kappa shape index (κ1) is 20.9. The molecule has 0 radical (unpaired) electrons. The van der Waals surface area contributed by atoms with Crippen molar-refractivity contribution in [1.29, 1.82) is 0 Å². The Morgan fingerprint density at radius 3 is 1.92 bits per heavy atom. The fourth-order valence-electron chi connectivity index (χ4n) is 2.96. The highest BCUT2D eigenvalue weighted by Crippen LogP contribution is 2.32. The number of methoxy groups -OCH3 is 2. The molecule has 0 saturated heterocycles. The van der Waals surface area contributed by atoms with Crippen LogP contribution in [0.4, 0.5) is 0 Å². The monoisotopic (exact) mass is 400 g/mol. The molecule has 1 rings (SSSR count). The number of hydrogen-bond acceptors (Lipinski definition) is 4. The standard InChI is InChI=1S/C19H29BrO4/c1-5-6-7-8-9-10-11-12-14(20)15-13(2)16(21)18(23-3)19(24-4)17(15)22/h14H,5-12H2,1-4H3. The van der Waals surface area contributed by atoms with Gasteiger partial charge in [-0.3, -0.25) is 9.59 Å². The highest BCUT2D eigenvalue weighted by Gasteiger charge is 2.37. The van der Waals surface area contributed by atoms with Gasteiger partial charge in [0, 0.05) is 16.0 Å². The summed E-state index contributed by atoms with van der Waals surface area (Å²) in [5.74, 6) is -0.518. The lowest BCUT2D eigenvalue weighted by atomic mass is 9.89. The third-order valence-corrected chi connectivity index (χ3v) is 5.31. The van der Waals surface area contributed by atoms with Crippen molar-refractivity contribution in [2.45, 2.75) is 70.0 Å². The van der Waals surface area contributed by atoms with Crippen LogP contribution in [-0.2, 0) is 19.1 Å². The molecule has 24 heavy (non-hydrogen) atoms. The number of rotatable bonds is 11. The molecule has 136 valence electrons. The molecule has 5 heteroatoms. The molecule has 0 aromatic rings. The summed E-state index contributed by atoms with van der Waals surface area (Å²) in [4.78, 5) is 24.9. The van der Waals surface area contributed by atoms with Crippen LogP contribution in [0.25, 0.3) is 0 Å². The van der Waals surface area contributed by atoms with Gasteiger partial charge in [0.05, 0.1) is 14.2 Å². The summed E-state index contributed by atoms with van der Waals surface area (Å²) in [6.07, 6.45) is 9.37. The maximum atomic E-state index is 12.6. The minimum Gasteiger partial charge on any atom is -0.489 e. The first-order valence-electron chi connectivity index (χ1n) is 8.76. The molecule has 1 atom stereocenters. The van der Waals surface area contributed by atoms with Gasteiger partial charge in [-0.05, 0) is 13.3 Å². The van der Waals surface area contributed by atoms with Crippen LogP contribution in [0.15, 0.2) is 22.7 Å². The van der Waals surface area contributed by atoms with Crippen molar-refractivity contribution < 1.29 is 19.1 Å². The zero-order valence-corrected chi connectivity index (χ0v) is 16.8. The molecule has 0 fully saturated rings. The number of Topliss-reactive ketones (excluding diaryl/α,β-unsaturated/α-hetero) is 2. The summed E-state index contributed by atoms with van der Waals surface area (Å²) in [5, 5.41) is 0. The fourth-order valence-corrected chi connectivity index (χ4v) is 3.84. The highest BCUT2D eigenvalue weighted by molar-refractivity contribution is 9.09. The van der Waals surface area contributed by atoms with Gasteiger partial charge in [-0.25, -0.2) is 0 Å². The molecular weight excluding hydrogens is 372 g/mol. The lowest BCUT2D eigenvalue weighted by Gasteiger charge is -2.23. The largest absolute Gasteiger partial charge is 0.489 e. The number of allylic oxidation sites excluding steroid dienone is 2. The smallest absolute Gasteiger partial charge is 0.229 e. The van der Waals surface area contributed by atoms with E-state index in [1.165, 1.54) is 46.3 Å². The normalized spacial score (nSPS) is 16.7. The van der Waals surface area contributed by atoms with Crippen LogP contribution in [0, 0.1) is 0 Å². The van der Waals surface area contributed by atoms with Gasteiger partial charge in [0.1, 0.15) is 0 Å². The van der Waals surface area contributed by atoms with E-state index in [1.54, 1.807) is 6.92 Å². The maximum Gasteiger partial charge on any atom is 0.229 e. The van der Waals surface area contributed by atoms with Crippen molar-refractivity contribution in [3.63, 3.8) is 0 Å². The fraction of sp³-hybridized carbons (Fsp3) is 0.684. The second kappa shape index (κ2) is 10.7. The van der Waals surface area contributed by atoms with Crippen LogP contribution >= 0.6 is 15.9 Å². The average molecular weight is 401 g/mol. The van der Waals surface area contributed by atoms with Gasteiger partial charge in [0.2, 0.25) is 23.1 Å². The first-order chi connectivity index (χ1) is 11.5. The Hall–Kier alpha value is -1.10. The minimum absolute atomic E-state index is 0.000579. The summed E-state index contributed by atoms with van der Waals surface area (Å²) < 4.78 is 10.2. The van der Waals surface area contributed by atoms with E-state index in [2.05, 4.69) is 22.9 Å². The third-order valence-electron chi connectivity index (χ3n) is 4.39. The number of carbonyl (C=O) groups excluding carboxylic acids is 2. The van der Waals surface area contributed by atoms with Crippen molar-refractivity contribution in [1.82, 2.24) is 0 Å². The Labute approximate surface area is 153 Å². The Bertz CT molecular complexity index is 519. The minimum atomic E-state index is -0.270. The van der Waals surface area contributed by atoms with Gasteiger partial charge in [-0.15, -0.1) is 0 Å². The van der Waals surface area contributed by atoms with Crippen LogP contribution in [0.1, 0.15) is 65.2 Å². The number of ketones is 2. The van der Waals surface area contributed by atoms with E-state index in [-0.39, 0.29) is 27.9 Å². The Morgan fingerprint density at radius 1 is 0.875 bits per heavy atom. The molecule has 4 nitrogen and oxygen atoms in total. The van der Waals surface area contributed by atoms with Crippen molar-refractivity contribution in [2.24, 2.45) is 0 Å². The number of alkyl halides is 1. The number of carbonyl (C=O) groups is 2. The molecule has 0 bridgehead atoms. The van der Waals surface area contributed by atoms with E-state index in [4.69, 9.17) is 9.47 Å². The van der Waals surface area contributed by atoms with Gasteiger partial charge in [-0.1, -0.05) is 67.8 Å². The number of halogens is 1. The van der Waals surface area contributed by atoms with Crippen molar-refractivity contribution in [2.75, 3.05) is 14.2 Å². The molecule has 1 aliphatic carbocycles. The molecule has 0 amide bonds. The van der Waals surface area contributed by atoms with Crippen molar-refractivity contribution in [3.05, 3.63) is 22.7 Å². The molecule has 1 unspecified atom stereocenters. The van der Waals surface area contributed by atoms with Crippen molar-refractivity contribution in [3.8, 4) is 0 Å². The predicted molar refractivity (Wildman–Crippen MR) is 99.1 cm³/mol. The number of hydrogen-bond donors (Lipinski definition) is 0. The molecule has 0 aromatic carbocycles. The lowest BCUT2D eigenvalue weighted by Crippen LogP contribution is -2.28. The molecule has 0 spiro atoms. The summed E-state index contributed by atoms with van der Waals surface area (Å²) >= 11 is 3.59. The van der Waals surface area contributed by atoms with E-state index in [0.717, 1.165) is 19.3 Å². The SMILES string of the molecule is CCCCCCCCCC(Br)C1=C(C)C(=O)C(OC)=C(OC)C1=O. The van der Waals surface area contributed by atoms with Crippen LogP contribution in [0.5, 0.6) is 0 Å². The van der Waals surface area contributed by atoms with E-state index in [0.29, 0.717) is 11.1 Å². The summed E-state index contributed by atoms with van der Waals surface area (Å²) in [5.41, 5.74) is 0.950. The summed E-state index contributed by atoms with van der Waals surface area (Å²) in [6.45, 7) is 3.89. The molecule has 0 N–H and O–H groups in total. The zero-order valence-electron chi connectivity index (χ0n) is 15.2. The molecule has 1 aliphatic rings. The van der Waals surface area contributed by atoms with Gasteiger partial charge in [0.25, 0.3) is 0 Å². The molecule has 0 heterocycles. The van der Waals surface area contributed by atoms with E-state index >= 15 is 0 Å². The van der Waals surface area contributed by atoms with E-state index in [9.17, 15) is 9.59 Å². The topological polar surface area (TPSA) is 52.6 Å². The summed E-state index contributed by atoms with van der Waals surface area (Å²) in [7, 11) is 2.76. The predicted octanol–water partition coefficient (Wildman–Crippen LogP) is 4.86. The number of unbranched alkanes of at least 4 members (excludes halogenated alkanes) is 6. The quantitative estimate of drug-likeness (QED) is 0.282. The lowest BCUT2D eigenvalue weighted by molar-refractivity contribution is -0.121. The molecule has 0 aromatic heterocycles.